The van der Waals surface area contributed by atoms with Gasteiger partial charge in [-0.25, -0.2) is 9.37 Å². The van der Waals surface area contributed by atoms with Crippen molar-refractivity contribution in [3.05, 3.63) is 115 Å². The van der Waals surface area contributed by atoms with Crippen molar-refractivity contribution >= 4 is 59.9 Å². The number of nitrogens with zero attached hydrogens (tertiary/aromatic N) is 3. The summed E-state index contributed by atoms with van der Waals surface area (Å²) in [6.07, 6.45) is 1.53. The summed E-state index contributed by atoms with van der Waals surface area (Å²) >= 11 is 7.22. The van der Waals surface area contributed by atoms with Crippen molar-refractivity contribution in [3.63, 3.8) is 0 Å². The van der Waals surface area contributed by atoms with Gasteiger partial charge in [0.25, 0.3) is 5.56 Å². The van der Waals surface area contributed by atoms with Gasteiger partial charge in [-0.3, -0.25) is 4.79 Å². The minimum Gasteiger partial charge on any atom is -0.496 e. The van der Waals surface area contributed by atoms with Gasteiger partial charge in [0.2, 0.25) is 5.82 Å². The van der Waals surface area contributed by atoms with Gasteiger partial charge in [-0.05, 0) is 92.9 Å². The molecular formula is C33H24Br2FN3O5. The molecule has 222 valence electrons. The molecule has 0 atom stereocenters. The quantitative estimate of drug-likeness (QED) is 0.140. The van der Waals surface area contributed by atoms with Gasteiger partial charge in [0.1, 0.15) is 23.8 Å². The minimum absolute atomic E-state index is 0.125. The number of furan rings is 1. The molecule has 44 heavy (non-hydrogen) atoms. The smallest absolute Gasteiger partial charge is 0.282 e. The van der Waals surface area contributed by atoms with Crippen LogP contribution in [0.2, 0.25) is 0 Å². The number of benzene rings is 4. The van der Waals surface area contributed by atoms with Crippen molar-refractivity contribution in [2.45, 2.75) is 13.5 Å². The molecule has 11 heteroatoms. The van der Waals surface area contributed by atoms with Gasteiger partial charge in [-0.15, -0.1) is 0 Å². The lowest BCUT2D eigenvalue weighted by atomic mass is 10.2. The Bertz CT molecular complexity index is 2110. The van der Waals surface area contributed by atoms with E-state index in [9.17, 15) is 9.18 Å². The highest BCUT2D eigenvalue weighted by molar-refractivity contribution is 9.13. The highest BCUT2D eigenvalue weighted by atomic mass is 79.9. The molecule has 0 bridgehead atoms. The van der Waals surface area contributed by atoms with Crippen LogP contribution in [0.25, 0.3) is 33.5 Å². The standard InChI is InChI=1S/C33H24Br2FN3O5/c1-3-42-27-15-20(29(34)30(35)31(27)43-18-19-8-6-9-21(36)14-19)17-37-39-32(38-24-11-5-4-10-22(24)33(39)40)28-16-23-25(41-2)12-7-13-26(23)44-28/h4-17H,3,18H2,1-2H3. The largest absolute Gasteiger partial charge is 0.496 e. The van der Waals surface area contributed by atoms with Gasteiger partial charge >= 0.3 is 0 Å². The van der Waals surface area contributed by atoms with E-state index < -0.39 is 0 Å². The molecule has 2 heterocycles. The van der Waals surface area contributed by atoms with Crippen LogP contribution in [0.1, 0.15) is 18.1 Å². The van der Waals surface area contributed by atoms with Crippen molar-refractivity contribution < 1.29 is 23.0 Å². The fraction of sp³-hybridized carbons (Fsp3) is 0.121. The minimum atomic E-state index is -0.371. The van der Waals surface area contributed by atoms with E-state index >= 15 is 0 Å². The zero-order chi connectivity index (χ0) is 30.8. The van der Waals surface area contributed by atoms with Crippen LogP contribution in [0, 0.1) is 5.82 Å². The van der Waals surface area contributed by atoms with E-state index in [1.807, 2.05) is 31.2 Å². The van der Waals surface area contributed by atoms with Crippen LogP contribution >= 0.6 is 31.9 Å². The van der Waals surface area contributed by atoms with Gasteiger partial charge in [-0.1, -0.05) is 30.3 Å². The van der Waals surface area contributed by atoms with Crippen molar-refractivity contribution in [2.24, 2.45) is 5.10 Å². The normalized spacial score (nSPS) is 11.5. The molecular weight excluding hydrogens is 697 g/mol. The lowest BCUT2D eigenvalue weighted by Crippen LogP contribution is -2.20. The van der Waals surface area contributed by atoms with Crippen LogP contribution in [-0.2, 0) is 6.61 Å². The lowest BCUT2D eigenvalue weighted by Gasteiger charge is -2.16. The number of para-hydroxylation sites is 1. The Morgan fingerprint density at radius 1 is 0.955 bits per heavy atom. The summed E-state index contributed by atoms with van der Waals surface area (Å²) < 4.78 is 39.6. The number of fused-ring (bicyclic) bond motifs is 2. The summed E-state index contributed by atoms with van der Waals surface area (Å²) in [7, 11) is 1.58. The maximum absolute atomic E-state index is 13.8. The number of aromatic nitrogens is 2. The van der Waals surface area contributed by atoms with Gasteiger partial charge in [0.15, 0.2) is 17.3 Å². The number of methoxy groups -OCH3 is 1. The van der Waals surface area contributed by atoms with Crippen LogP contribution < -0.4 is 19.8 Å². The van der Waals surface area contributed by atoms with E-state index in [-0.39, 0.29) is 23.8 Å². The number of halogens is 3. The molecule has 0 aliphatic rings. The molecule has 0 fully saturated rings. The number of hydrogen-bond acceptors (Lipinski definition) is 7. The van der Waals surface area contributed by atoms with Crippen molar-refractivity contribution in [3.8, 4) is 28.8 Å². The van der Waals surface area contributed by atoms with E-state index in [1.165, 1.54) is 23.0 Å². The molecule has 0 amide bonds. The number of hydrogen-bond donors (Lipinski definition) is 0. The maximum Gasteiger partial charge on any atom is 0.282 e. The summed E-state index contributed by atoms with van der Waals surface area (Å²) in [4.78, 5) is 18.5. The highest BCUT2D eigenvalue weighted by Gasteiger charge is 2.20. The van der Waals surface area contributed by atoms with Gasteiger partial charge < -0.3 is 18.6 Å². The third-order valence-corrected chi connectivity index (χ3v) is 8.90. The zero-order valence-corrected chi connectivity index (χ0v) is 26.7. The fourth-order valence-corrected chi connectivity index (χ4v) is 5.65. The molecule has 0 spiro atoms. The molecule has 0 aliphatic heterocycles. The first-order valence-electron chi connectivity index (χ1n) is 13.5. The summed E-state index contributed by atoms with van der Waals surface area (Å²) in [6.45, 7) is 2.35. The molecule has 4 aromatic carbocycles. The molecule has 0 saturated carbocycles. The fourth-order valence-electron chi connectivity index (χ4n) is 4.71. The molecule has 0 unspecified atom stereocenters. The molecule has 8 nitrogen and oxygen atoms in total. The molecule has 6 aromatic rings. The monoisotopic (exact) mass is 719 g/mol. The average molecular weight is 721 g/mol. The second-order valence-corrected chi connectivity index (χ2v) is 11.2. The van der Waals surface area contributed by atoms with Gasteiger partial charge in [0.05, 0.1) is 40.7 Å². The van der Waals surface area contributed by atoms with E-state index in [0.717, 1.165) is 5.39 Å². The summed E-state index contributed by atoms with van der Waals surface area (Å²) in [6, 6.07) is 22.2. The summed E-state index contributed by atoms with van der Waals surface area (Å²) in [5.41, 5.74) is 1.98. The van der Waals surface area contributed by atoms with Crippen molar-refractivity contribution in [1.29, 1.82) is 0 Å². The Balaban J connectivity index is 1.44. The Labute approximate surface area is 268 Å². The molecule has 6 rings (SSSR count). The number of ether oxygens (including phenoxy) is 3. The van der Waals surface area contributed by atoms with Gasteiger partial charge in [0, 0.05) is 10.0 Å². The van der Waals surface area contributed by atoms with Gasteiger partial charge in [-0.2, -0.15) is 9.78 Å². The van der Waals surface area contributed by atoms with Crippen LogP contribution in [0.3, 0.4) is 0 Å². The SMILES string of the molecule is CCOc1cc(C=Nn2c(-c3cc4c(OC)cccc4o3)nc3ccccc3c2=O)c(Br)c(Br)c1OCc1cccc(F)c1. The predicted octanol–water partition coefficient (Wildman–Crippen LogP) is 8.34. The van der Waals surface area contributed by atoms with Crippen LogP contribution in [0.5, 0.6) is 17.2 Å². The third kappa shape index (κ3) is 5.72. The maximum atomic E-state index is 13.8. The Morgan fingerprint density at radius 2 is 1.77 bits per heavy atom. The van der Waals surface area contributed by atoms with Crippen molar-refractivity contribution in [1.82, 2.24) is 9.66 Å². The summed E-state index contributed by atoms with van der Waals surface area (Å²) in [5.74, 6) is 1.73. The van der Waals surface area contributed by atoms with Crippen LogP contribution in [0.15, 0.2) is 102 Å². The first kappa shape index (κ1) is 29.6. The number of rotatable bonds is 9. The second-order valence-electron chi connectivity index (χ2n) is 9.57. The van der Waals surface area contributed by atoms with E-state index in [0.29, 0.717) is 66.2 Å². The first-order chi connectivity index (χ1) is 21.4. The molecule has 0 aliphatic carbocycles. The lowest BCUT2D eigenvalue weighted by molar-refractivity contribution is 0.267. The Hall–Kier alpha value is -4.48. The molecule has 0 radical (unpaired) electrons. The topological polar surface area (TPSA) is 88.1 Å². The highest BCUT2D eigenvalue weighted by Crippen LogP contribution is 2.43. The average Bonchev–Trinajstić information content (AvgIpc) is 3.47. The predicted molar refractivity (Wildman–Crippen MR) is 174 cm³/mol. The third-order valence-electron chi connectivity index (χ3n) is 6.76. The Kier molecular flexibility index (Phi) is 8.49. The summed E-state index contributed by atoms with van der Waals surface area (Å²) in [5, 5.41) is 5.73. The Morgan fingerprint density at radius 3 is 2.57 bits per heavy atom. The molecule has 0 saturated heterocycles. The van der Waals surface area contributed by atoms with Crippen LogP contribution in [0.4, 0.5) is 4.39 Å². The van der Waals surface area contributed by atoms with Crippen molar-refractivity contribution in [2.75, 3.05) is 13.7 Å². The van der Waals surface area contributed by atoms with E-state index in [4.69, 9.17) is 23.6 Å². The molecule has 2 aromatic heterocycles. The second kappa shape index (κ2) is 12.6. The first-order valence-corrected chi connectivity index (χ1v) is 15.1. The zero-order valence-electron chi connectivity index (χ0n) is 23.5. The van der Waals surface area contributed by atoms with E-state index in [1.54, 1.807) is 49.6 Å². The molecule has 0 N–H and O–H groups in total. The van der Waals surface area contributed by atoms with Crippen LogP contribution in [-0.4, -0.2) is 29.6 Å². The van der Waals surface area contributed by atoms with E-state index in [2.05, 4.69) is 37.0 Å².